The normalized spacial score (nSPS) is 10.8. The quantitative estimate of drug-likeness (QED) is 0.675. The summed E-state index contributed by atoms with van der Waals surface area (Å²) in [5.74, 6) is -0.236. The molecule has 0 aliphatic rings. The lowest BCUT2D eigenvalue weighted by atomic mass is 9.91. The third-order valence-electron chi connectivity index (χ3n) is 2.35. The molecular formula is C13H16ClN3O. The Labute approximate surface area is 112 Å². The Morgan fingerprint density at radius 2 is 2.17 bits per heavy atom. The van der Waals surface area contributed by atoms with E-state index in [0.717, 1.165) is 5.69 Å². The molecule has 4 nitrogen and oxygen atoms in total. The van der Waals surface area contributed by atoms with Crippen molar-refractivity contribution < 1.29 is 4.79 Å². The maximum Gasteiger partial charge on any atom is 0.251 e. The monoisotopic (exact) mass is 265 g/mol. The maximum absolute atomic E-state index is 11.8. The van der Waals surface area contributed by atoms with Gasteiger partial charge in [0.25, 0.3) is 5.91 Å². The van der Waals surface area contributed by atoms with Gasteiger partial charge in [0.15, 0.2) is 0 Å². The Morgan fingerprint density at radius 1 is 1.50 bits per heavy atom. The van der Waals surface area contributed by atoms with Crippen LogP contribution in [-0.4, -0.2) is 17.4 Å². The van der Waals surface area contributed by atoms with Gasteiger partial charge in [0, 0.05) is 23.2 Å². The topological polar surface area (TPSA) is 65.8 Å². The maximum atomic E-state index is 11.8. The van der Waals surface area contributed by atoms with Crippen molar-refractivity contribution in [1.29, 1.82) is 5.26 Å². The van der Waals surface area contributed by atoms with E-state index in [1.807, 2.05) is 26.8 Å². The minimum Gasteiger partial charge on any atom is -0.351 e. The average Bonchev–Trinajstić information content (AvgIpc) is 2.27. The van der Waals surface area contributed by atoms with Gasteiger partial charge in [-0.25, -0.2) is 4.98 Å². The molecule has 0 bridgehead atoms. The van der Waals surface area contributed by atoms with Crippen molar-refractivity contribution in [2.75, 3.05) is 6.54 Å². The van der Waals surface area contributed by atoms with E-state index in [-0.39, 0.29) is 17.7 Å². The summed E-state index contributed by atoms with van der Waals surface area (Å²) in [6.07, 6.45) is 0.288. The molecule has 18 heavy (non-hydrogen) atoms. The highest BCUT2D eigenvalue weighted by atomic mass is 35.5. The number of hydrogen-bond donors (Lipinski definition) is 1. The smallest absolute Gasteiger partial charge is 0.251 e. The molecule has 0 fully saturated rings. The molecule has 0 aliphatic heterocycles. The number of carbonyl (C=O) groups is 1. The van der Waals surface area contributed by atoms with Crippen molar-refractivity contribution in [2.45, 2.75) is 32.6 Å². The van der Waals surface area contributed by atoms with Gasteiger partial charge in [0.1, 0.15) is 5.15 Å². The number of hydrogen-bond acceptors (Lipinski definition) is 3. The zero-order valence-electron chi connectivity index (χ0n) is 10.7. The lowest BCUT2D eigenvalue weighted by Gasteiger charge is -2.18. The van der Waals surface area contributed by atoms with Crippen molar-refractivity contribution in [3.8, 4) is 6.07 Å². The summed E-state index contributed by atoms with van der Waals surface area (Å²) < 4.78 is 0. The van der Waals surface area contributed by atoms with E-state index in [9.17, 15) is 4.79 Å². The van der Waals surface area contributed by atoms with E-state index in [2.05, 4.69) is 10.3 Å². The molecule has 5 heteroatoms. The molecule has 96 valence electrons. The lowest BCUT2D eigenvalue weighted by Crippen LogP contribution is -2.25. The molecule has 0 aliphatic carbocycles. The van der Waals surface area contributed by atoms with Crippen LogP contribution in [0, 0.1) is 11.3 Å². The SMILES string of the molecule is CC(C)(C)c1cc(C(=O)NCCC#N)cc(Cl)n1. The van der Waals surface area contributed by atoms with E-state index >= 15 is 0 Å². The molecule has 1 aromatic heterocycles. The molecule has 1 heterocycles. The van der Waals surface area contributed by atoms with Gasteiger partial charge in [-0.3, -0.25) is 4.79 Å². The molecule has 1 N–H and O–H groups in total. The highest BCUT2D eigenvalue weighted by Crippen LogP contribution is 2.23. The summed E-state index contributed by atoms with van der Waals surface area (Å²) in [4.78, 5) is 16.1. The molecule has 1 amide bonds. The summed E-state index contributed by atoms with van der Waals surface area (Å²) in [6, 6.07) is 5.22. The Balaban J connectivity index is 2.93. The van der Waals surface area contributed by atoms with Crippen molar-refractivity contribution in [2.24, 2.45) is 0 Å². The Kier molecular flexibility index (Phi) is 4.69. The van der Waals surface area contributed by atoms with Crippen LogP contribution >= 0.6 is 11.6 Å². The molecule has 0 atom stereocenters. The fraction of sp³-hybridized carbons (Fsp3) is 0.462. The van der Waals surface area contributed by atoms with Crippen molar-refractivity contribution in [1.82, 2.24) is 10.3 Å². The molecular weight excluding hydrogens is 250 g/mol. The zero-order chi connectivity index (χ0) is 13.8. The van der Waals surface area contributed by atoms with E-state index in [0.29, 0.717) is 17.3 Å². The first-order valence-corrected chi connectivity index (χ1v) is 6.05. The average molecular weight is 266 g/mol. The molecule has 1 rings (SSSR count). The van der Waals surface area contributed by atoms with Gasteiger partial charge < -0.3 is 5.32 Å². The molecule has 0 saturated heterocycles. The first-order chi connectivity index (χ1) is 8.34. The van der Waals surface area contributed by atoms with E-state index < -0.39 is 0 Å². The van der Waals surface area contributed by atoms with Crippen LogP contribution in [0.25, 0.3) is 0 Å². The van der Waals surface area contributed by atoms with Gasteiger partial charge in [-0.2, -0.15) is 5.26 Å². The van der Waals surface area contributed by atoms with Crippen molar-refractivity contribution >= 4 is 17.5 Å². The second kappa shape index (κ2) is 5.83. The number of amides is 1. The second-order valence-electron chi connectivity index (χ2n) is 4.98. The standard InChI is InChI=1S/C13H16ClN3O/c1-13(2,3)10-7-9(8-11(14)17-10)12(18)16-6-4-5-15/h7-8H,4,6H2,1-3H3,(H,16,18). The van der Waals surface area contributed by atoms with E-state index in [1.54, 1.807) is 6.07 Å². The van der Waals surface area contributed by atoms with Crippen LogP contribution in [0.1, 0.15) is 43.2 Å². The number of pyridine rings is 1. The van der Waals surface area contributed by atoms with Crippen LogP contribution < -0.4 is 5.32 Å². The minimum absolute atomic E-state index is 0.174. The first kappa shape index (κ1) is 14.5. The molecule has 0 saturated carbocycles. The number of carbonyl (C=O) groups excluding carboxylic acids is 1. The van der Waals surface area contributed by atoms with Crippen molar-refractivity contribution in [3.05, 3.63) is 28.5 Å². The third-order valence-corrected chi connectivity index (χ3v) is 2.54. The number of nitrogens with zero attached hydrogens (tertiary/aromatic N) is 2. The molecule has 0 unspecified atom stereocenters. The first-order valence-electron chi connectivity index (χ1n) is 5.68. The van der Waals surface area contributed by atoms with Crippen LogP contribution in [0.5, 0.6) is 0 Å². The van der Waals surface area contributed by atoms with Gasteiger partial charge in [-0.05, 0) is 12.1 Å². The Morgan fingerprint density at radius 3 is 2.72 bits per heavy atom. The molecule has 0 radical (unpaired) electrons. The number of halogens is 1. The van der Waals surface area contributed by atoms with Crippen LogP contribution in [0.15, 0.2) is 12.1 Å². The fourth-order valence-corrected chi connectivity index (χ4v) is 1.55. The summed E-state index contributed by atoms with van der Waals surface area (Å²) in [5.41, 5.74) is 1.06. The highest BCUT2D eigenvalue weighted by molar-refractivity contribution is 6.29. The van der Waals surface area contributed by atoms with Gasteiger partial charge in [-0.1, -0.05) is 32.4 Å². The summed E-state index contributed by atoms with van der Waals surface area (Å²) >= 11 is 5.92. The van der Waals surface area contributed by atoms with Gasteiger partial charge in [-0.15, -0.1) is 0 Å². The summed E-state index contributed by atoms with van der Waals surface area (Å²) in [7, 11) is 0. The summed E-state index contributed by atoms with van der Waals surface area (Å²) in [6.45, 7) is 6.34. The molecule has 0 aromatic carbocycles. The Bertz CT molecular complexity index is 486. The predicted molar refractivity (Wildman–Crippen MR) is 70.5 cm³/mol. The number of aromatic nitrogens is 1. The zero-order valence-corrected chi connectivity index (χ0v) is 11.5. The summed E-state index contributed by atoms with van der Waals surface area (Å²) in [5, 5.41) is 11.4. The molecule has 1 aromatic rings. The number of nitrogens with one attached hydrogen (secondary N) is 1. The minimum atomic E-state index is -0.236. The predicted octanol–water partition coefficient (Wildman–Crippen LogP) is 2.68. The lowest BCUT2D eigenvalue weighted by molar-refractivity contribution is 0.0954. The Hall–Kier alpha value is -1.60. The van der Waals surface area contributed by atoms with Gasteiger partial charge in [0.05, 0.1) is 12.5 Å². The molecule has 0 spiro atoms. The van der Waals surface area contributed by atoms with Crippen LogP contribution in [0.4, 0.5) is 0 Å². The fourth-order valence-electron chi connectivity index (χ4n) is 1.35. The largest absolute Gasteiger partial charge is 0.351 e. The second-order valence-corrected chi connectivity index (χ2v) is 5.37. The van der Waals surface area contributed by atoms with Gasteiger partial charge >= 0.3 is 0 Å². The third kappa shape index (κ3) is 4.01. The van der Waals surface area contributed by atoms with Crippen LogP contribution in [0.2, 0.25) is 5.15 Å². The van der Waals surface area contributed by atoms with Gasteiger partial charge in [0.2, 0.25) is 0 Å². The number of rotatable bonds is 3. The van der Waals surface area contributed by atoms with Crippen LogP contribution in [-0.2, 0) is 5.41 Å². The number of nitriles is 1. The van der Waals surface area contributed by atoms with E-state index in [1.165, 1.54) is 6.07 Å². The van der Waals surface area contributed by atoms with Crippen LogP contribution in [0.3, 0.4) is 0 Å². The van der Waals surface area contributed by atoms with E-state index in [4.69, 9.17) is 16.9 Å². The van der Waals surface area contributed by atoms with Crippen molar-refractivity contribution in [3.63, 3.8) is 0 Å². The highest BCUT2D eigenvalue weighted by Gasteiger charge is 2.18.